The van der Waals surface area contributed by atoms with Gasteiger partial charge in [-0.25, -0.2) is 4.98 Å². The number of fused-ring (bicyclic) bond motifs is 1. The molecular formula is C23H18N4O5. The zero-order valence-electron chi connectivity index (χ0n) is 17.2. The van der Waals surface area contributed by atoms with Gasteiger partial charge in [0.1, 0.15) is 0 Å². The number of benzene rings is 3. The number of amides is 1. The fraction of sp³-hybridized carbons (Fsp3) is 0.0870. The lowest BCUT2D eigenvalue weighted by molar-refractivity contribution is -0.385. The van der Waals surface area contributed by atoms with Crippen LogP contribution >= 0.6 is 0 Å². The zero-order chi connectivity index (χ0) is 22.8. The molecule has 4 aromatic rings. The summed E-state index contributed by atoms with van der Waals surface area (Å²) in [6.07, 6.45) is 0. The molecule has 0 atom stereocenters. The zero-order valence-corrected chi connectivity index (χ0v) is 17.2. The molecule has 1 N–H and O–H groups in total. The molecule has 0 fully saturated rings. The second-order valence-corrected chi connectivity index (χ2v) is 7.05. The lowest BCUT2D eigenvalue weighted by atomic mass is 10.1. The lowest BCUT2D eigenvalue weighted by Crippen LogP contribution is -2.35. The summed E-state index contributed by atoms with van der Waals surface area (Å²) in [5.74, 6) is -0.436. The minimum atomic E-state index is -0.705. The third-order valence-corrected chi connectivity index (χ3v) is 4.90. The number of methoxy groups -OCH3 is 1. The smallest absolute Gasteiger partial charge is 0.311 e. The first kappa shape index (κ1) is 20.7. The Morgan fingerprint density at radius 3 is 2.59 bits per heavy atom. The van der Waals surface area contributed by atoms with Gasteiger partial charge in [0, 0.05) is 17.2 Å². The summed E-state index contributed by atoms with van der Waals surface area (Å²) >= 11 is 0. The maximum Gasteiger partial charge on any atom is 0.311 e. The van der Waals surface area contributed by atoms with Gasteiger partial charge in [0.2, 0.25) is 0 Å². The molecule has 3 aromatic carbocycles. The van der Waals surface area contributed by atoms with E-state index in [2.05, 4.69) is 10.4 Å². The summed E-state index contributed by atoms with van der Waals surface area (Å²) in [5, 5.41) is 11.6. The van der Waals surface area contributed by atoms with E-state index in [9.17, 15) is 19.7 Å². The van der Waals surface area contributed by atoms with E-state index >= 15 is 0 Å². The summed E-state index contributed by atoms with van der Waals surface area (Å²) in [6, 6.07) is 18.0. The Balaban J connectivity index is 1.85. The van der Waals surface area contributed by atoms with E-state index in [0.717, 1.165) is 16.3 Å². The molecule has 1 aromatic heterocycles. The van der Waals surface area contributed by atoms with Gasteiger partial charge in [0.05, 0.1) is 22.9 Å². The van der Waals surface area contributed by atoms with E-state index in [1.807, 2.05) is 25.1 Å². The van der Waals surface area contributed by atoms with Crippen LogP contribution in [0.25, 0.3) is 22.3 Å². The number of nitrogens with zero attached hydrogens (tertiary/aromatic N) is 3. The standard InChI is InChI=1S/C23H18N4O5/c1-14-6-5-7-15(12-14)21-24-18-9-4-3-8-17(18)23(29)26(21)25-22(28)16-10-11-20(32-2)19(13-16)27(30)31/h3-13H,1-2H3,(H,25,28). The number of carbonyl (C=O) groups excluding carboxylic acids is 1. The monoisotopic (exact) mass is 430 g/mol. The van der Waals surface area contributed by atoms with Crippen LogP contribution in [0.3, 0.4) is 0 Å². The number of para-hydroxylation sites is 1. The maximum absolute atomic E-state index is 13.2. The second-order valence-electron chi connectivity index (χ2n) is 7.05. The predicted molar refractivity (Wildman–Crippen MR) is 120 cm³/mol. The molecule has 0 spiro atoms. The largest absolute Gasteiger partial charge is 0.490 e. The van der Waals surface area contributed by atoms with Gasteiger partial charge >= 0.3 is 5.69 Å². The molecule has 0 aliphatic rings. The van der Waals surface area contributed by atoms with Crippen molar-refractivity contribution in [3.8, 4) is 17.1 Å². The molecule has 0 saturated heterocycles. The van der Waals surface area contributed by atoms with Crippen molar-refractivity contribution in [3.05, 3.63) is 98.3 Å². The average Bonchev–Trinajstić information content (AvgIpc) is 2.80. The van der Waals surface area contributed by atoms with Gasteiger partial charge in [-0.15, -0.1) is 0 Å². The fourth-order valence-corrected chi connectivity index (χ4v) is 3.35. The van der Waals surface area contributed by atoms with Gasteiger partial charge in [0.25, 0.3) is 11.5 Å². The number of hydrogen-bond acceptors (Lipinski definition) is 6. The van der Waals surface area contributed by atoms with E-state index in [1.165, 1.54) is 19.2 Å². The van der Waals surface area contributed by atoms with Crippen LogP contribution in [0.4, 0.5) is 5.69 Å². The van der Waals surface area contributed by atoms with E-state index in [0.29, 0.717) is 16.5 Å². The molecule has 1 amide bonds. The van der Waals surface area contributed by atoms with Gasteiger partial charge in [-0.2, -0.15) is 4.68 Å². The Labute approximate surface area is 182 Å². The lowest BCUT2D eigenvalue weighted by Gasteiger charge is -2.15. The first-order valence-corrected chi connectivity index (χ1v) is 9.61. The Hall–Kier alpha value is -4.53. The number of aryl methyl sites for hydroxylation is 1. The number of hydrogen-bond donors (Lipinski definition) is 1. The molecule has 1 heterocycles. The number of nitro groups is 1. The highest BCUT2D eigenvalue weighted by atomic mass is 16.6. The minimum Gasteiger partial charge on any atom is -0.490 e. The van der Waals surface area contributed by atoms with Crippen LogP contribution in [-0.4, -0.2) is 27.6 Å². The number of nitro benzene ring substituents is 1. The van der Waals surface area contributed by atoms with Crippen molar-refractivity contribution < 1.29 is 14.5 Å². The number of carbonyl (C=O) groups is 1. The molecule has 0 saturated carbocycles. The van der Waals surface area contributed by atoms with Crippen molar-refractivity contribution in [3.63, 3.8) is 0 Å². The van der Waals surface area contributed by atoms with E-state index < -0.39 is 16.4 Å². The molecule has 0 aliphatic heterocycles. The molecule has 0 unspecified atom stereocenters. The van der Waals surface area contributed by atoms with E-state index in [1.54, 1.807) is 30.3 Å². The number of ether oxygens (including phenoxy) is 1. The van der Waals surface area contributed by atoms with Crippen LogP contribution in [0, 0.1) is 17.0 Å². The quantitative estimate of drug-likeness (QED) is 0.381. The second kappa shape index (κ2) is 8.31. The van der Waals surface area contributed by atoms with Gasteiger partial charge in [-0.05, 0) is 37.3 Å². The van der Waals surface area contributed by atoms with Gasteiger partial charge in [-0.3, -0.25) is 25.1 Å². The summed E-state index contributed by atoms with van der Waals surface area (Å²) in [4.78, 5) is 41.5. The van der Waals surface area contributed by atoms with Crippen molar-refractivity contribution >= 4 is 22.5 Å². The van der Waals surface area contributed by atoms with E-state index in [-0.39, 0.29) is 22.8 Å². The molecule has 32 heavy (non-hydrogen) atoms. The molecule has 160 valence electrons. The summed E-state index contributed by atoms with van der Waals surface area (Å²) in [5.41, 5.74) is 3.79. The summed E-state index contributed by atoms with van der Waals surface area (Å²) in [7, 11) is 1.30. The predicted octanol–water partition coefficient (Wildman–Crippen LogP) is 3.67. The molecular weight excluding hydrogens is 412 g/mol. The molecule has 0 aliphatic carbocycles. The van der Waals surface area contributed by atoms with Crippen LogP contribution < -0.4 is 15.7 Å². The first-order valence-electron chi connectivity index (χ1n) is 9.61. The highest BCUT2D eigenvalue weighted by Gasteiger charge is 2.20. The highest BCUT2D eigenvalue weighted by molar-refractivity contribution is 6.01. The molecule has 9 nitrogen and oxygen atoms in total. The Morgan fingerprint density at radius 2 is 1.88 bits per heavy atom. The van der Waals surface area contributed by atoms with Crippen LogP contribution in [0.1, 0.15) is 15.9 Å². The van der Waals surface area contributed by atoms with Gasteiger partial charge in [-0.1, -0.05) is 35.9 Å². The SMILES string of the molecule is COc1ccc(C(=O)Nn2c(-c3cccc(C)c3)nc3ccccc3c2=O)cc1[N+](=O)[O-]. The normalized spacial score (nSPS) is 10.7. The highest BCUT2D eigenvalue weighted by Crippen LogP contribution is 2.27. The third kappa shape index (κ3) is 3.79. The first-order chi connectivity index (χ1) is 15.4. The third-order valence-electron chi connectivity index (χ3n) is 4.90. The molecule has 0 bridgehead atoms. The van der Waals surface area contributed by atoms with Crippen LogP contribution in [0.2, 0.25) is 0 Å². The minimum absolute atomic E-state index is 0.00671. The van der Waals surface area contributed by atoms with Crippen molar-refractivity contribution in [2.75, 3.05) is 12.5 Å². The van der Waals surface area contributed by atoms with Crippen molar-refractivity contribution in [2.24, 2.45) is 0 Å². The van der Waals surface area contributed by atoms with Gasteiger partial charge in [0.15, 0.2) is 11.6 Å². The molecule has 9 heteroatoms. The number of nitrogens with one attached hydrogen (secondary N) is 1. The van der Waals surface area contributed by atoms with Gasteiger partial charge < -0.3 is 4.74 Å². The van der Waals surface area contributed by atoms with Crippen molar-refractivity contribution in [1.29, 1.82) is 0 Å². The van der Waals surface area contributed by atoms with Crippen LogP contribution in [0.15, 0.2) is 71.5 Å². The Kier molecular flexibility index (Phi) is 5.38. The molecule has 4 rings (SSSR count). The van der Waals surface area contributed by atoms with E-state index in [4.69, 9.17) is 4.74 Å². The Morgan fingerprint density at radius 1 is 1.09 bits per heavy atom. The summed E-state index contributed by atoms with van der Waals surface area (Å²) < 4.78 is 6.04. The van der Waals surface area contributed by atoms with Crippen molar-refractivity contribution in [2.45, 2.75) is 6.92 Å². The topological polar surface area (TPSA) is 116 Å². The Bertz CT molecular complexity index is 1430. The number of rotatable bonds is 5. The number of aromatic nitrogens is 2. The maximum atomic E-state index is 13.2. The fourth-order valence-electron chi connectivity index (χ4n) is 3.35. The van der Waals surface area contributed by atoms with Crippen LogP contribution in [0.5, 0.6) is 5.75 Å². The van der Waals surface area contributed by atoms with Crippen molar-refractivity contribution in [1.82, 2.24) is 9.66 Å². The summed E-state index contributed by atoms with van der Waals surface area (Å²) in [6.45, 7) is 1.90. The van der Waals surface area contributed by atoms with Crippen LogP contribution in [-0.2, 0) is 0 Å². The molecule has 0 radical (unpaired) electrons. The average molecular weight is 430 g/mol.